The molecule has 0 spiro atoms. The van der Waals surface area contributed by atoms with Gasteiger partial charge in [0.1, 0.15) is 12.6 Å². The monoisotopic (exact) mass is 296 g/mol. The topological polar surface area (TPSA) is 82.0 Å². The van der Waals surface area contributed by atoms with E-state index in [1.165, 1.54) is 0 Å². The molecule has 0 saturated heterocycles. The number of hydrogen-bond donors (Lipinski definition) is 1. The fourth-order valence-corrected chi connectivity index (χ4v) is 2.77. The predicted molar refractivity (Wildman–Crippen MR) is 79.6 cm³/mol. The third-order valence-corrected chi connectivity index (χ3v) is 3.68. The minimum absolute atomic E-state index is 0.0450. The molecular weight excluding hydrogens is 282 g/mol. The van der Waals surface area contributed by atoms with Gasteiger partial charge in [-0.3, -0.25) is 9.79 Å². The first kappa shape index (κ1) is 14.1. The van der Waals surface area contributed by atoms with Gasteiger partial charge in [0.2, 0.25) is 0 Å². The van der Waals surface area contributed by atoms with E-state index in [0.717, 1.165) is 22.3 Å². The van der Waals surface area contributed by atoms with Gasteiger partial charge in [0, 0.05) is 12.5 Å². The molecule has 0 heterocycles. The number of nitrogens with zero attached hydrogens (tertiary/aromatic N) is 1. The SMILES string of the molecule is O=C(O)CN=C([O-])OCC1c2ccccc2-c2ccccc21. The molecule has 0 fully saturated rings. The Labute approximate surface area is 127 Å². The summed E-state index contributed by atoms with van der Waals surface area (Å²) in [6, 6.07) is 16.0. The molecule has 3 rings (SSSR count). The highest BCUT2D eigenvalue weighted by Crippen LogP contribution is 2.44. The second-order valence-electron chi connectivity index (χ2n) is 5.01. The molecule has 2 aromatic rings. The third-order valence-electron chi connectivity index (χ3n) is 3.68. The maximum absolute atomic E-state index is 11.5. The van der Waals surface area contributed by atoms with Gasteiger partial charge in [-0.25, -0.2) is 0 Å². The van der Waals surface area contributed by atoms with Crippen molar-refractivity contribution in [2.75, 3.05) is 13.2 Å². The molecule has 2 aromatic carbocycles. The summed E-state index contributed by atoms with van der Waals surface area (Å²) in [6.45, 7) is -0.424. The first-order chi connectivity index (χ1) is 10.7. The zero-order valence-electron chi connectivity index (χ0n) is 11.7. The molecule has 0 amide bonds. The number of ether oxygens (including phenoxy) is 1. The predicted octanol–water partition coefficient (Wildman–Crippen LogP) is 1.62. The Balaban J connectivity index is 1.82. The van der Waals surface area contributed by atoms with Crippen LogP contribution in [0.1, 0.15) is 17.0 Å². The Morgan fingerprint density at radius 1 is 1.09 bits per heavy atom. The molecule has 22 heavy (non-hydrogen) atoms. The van der Waals surface area contributed by atoms with E-state index in [9.17, 15) is 9.90 Å². The summed E-state index contributed by atoms with van der Waals surface area (Å²) in [5.74, 6) is -1.20. The van der Waals surface area contributed by atoms with Gasteiger partial charge in [-0.05, 0) is 22.3 Å². The smallest absolute Gasteiger partial charge is 0.325 e. The van der Waals surface area contributed by atoms with Crippen LogP contribution in [0.3, 0.4) is 0 Å². The van der Waals surface area contributed by atoms with Crippen LogP contribution >= 0.6 is 0 Å². The van der Waals surface area contributed by atoms with Gasteiger partial charge < -0.3 is 14.9 Å². The van der Waals surface area contributed by atoms with E-state index >= 15 is 0 Å². The van der Waals surface area contributed by atoms with Crippen molar-refractivity contribution in [1.29, 1.82) is 0 Å². The van der Waals surface area contributed by atoms with Gasteiger partial charge in [0.05, 0.1) is 0 Å². The van der Waals surface area contributed by atoms with Crippen LogP contribution in [-0.4, -0.2) is 30.3 Å². The lowest BCUT2D eigenvalue weighted by Gasteiger charge is -2.20. The lowest BCUT2D eigenvalue weighted by Crippen LogP contribution is -2.25. The zero-order chi connectivity index (χ0) is 15.5. The highest BCUT2D eigenvalue weighted by molar-refractivity contribution is 5.79. The molecular formula is C17H14NO4-. The van der Waals surface area contributed by atoms with Crippen LogP contribution in [-0.2, 0) is 9.53 Å². The standard InChI is InChI=1S/C17H15NO4/c19-16(20)9-18-17(21)22-10-15-13-7-3-1-5-11(13)12-6-2-4-8-14(12)15/h1-8,15H,9-10H2,(H,18,21)(H,19,20)/p-1. The molecule has 0 saturated carbocycles. The lowest BCUT2D eigenvalue weighted by molar-refractivity contribution is -0.251. The van der Waals surface area contributed by atoms with Crippen molar-refractivity contribution in [3.05, 3.63) is 59.7 Å². The second kappa shape index (κ2) is 5.89. The number of carbonyl (C=O) groups is 1. The number of benzene rings is 2. The fraction of sp³-hybridized carbons (Fsp3) is 0.176. The minimum Gasteiger partial charge on any atom is -0.599 e. The van der Waals surface area contributed by atoms with Crippen LogP contribution in [0.25, 0.3) is 11.1 Å². The van der Waals surface area contributed by atoms with Crippen LogP contribution in [0.2, 0.25) is 0 Å². The van der Waals surface area contributed by atoms with Crippen molar-refractivity contribution < 1.29 is 19.7 Å². The molecule has 0 radical (unpaired) electrons. The summed E-state index contributed by atoms with van der Waals surface area (Å²) in [6.07, 6.45) is -0.843. The molecule has 0 unspecified atom stereocenters. The summed E-state index contributed by atoms with van der Waals surface area (Å²) in [5.41, 5.74) is 4.49. The van der Waals surface area contributed by atoms with Gasteiger partial charge in [-0.2, -0.15) is 0 Å². The van der Waals surface area contributed by atoms with Crippen molar-refractivity contribution in [3.63, 3.8) is 0 Å². The Hall–Kier alpha value is -2.82. The Bertz CT molecular complexity index is 693. The van der Waals surface area contributed by atoms with E-state index in [-0.39, 0.29) is 12.5 Å². The average molecular weight is 296 g/mol. The van der Waals surface area contributed by atoms with Gasteiger partial charge in [0.15, 0.2) is 0 Å². The molecule has 0 aliphatic heterocycles. The van der Waals surface area contributed by atoms with Crippen molar-refractivity contribution in [2.24, 2.45) is 4.99 Å². The molecule has 1 N–H and O–H groups in total. The summed E-state index contributed by atoms with van der Waals surface area (Å²) in [5, 5.41) is 20.0. The molecule has 0 aromatic heterocycles. The summed E-state index contributed by atoms with van der Waals surface area (Å²) >= 11 is 0. The maximum Gasteiger partial charge on any atom is 0.325 e. The van der Waals surface area contributed by atoms with Crippen LogP contribution < -0.4 is 5.11 Å². The van der Waals surface area contributed by atoms with Crippen LogP contribution in [0, 0.1) is 0 Å². The van der Waals surface area contributed by atoms with Gasteiger partial charge in [0.25, 0.3) is 0 Å². The normalized spacial score (nSPS) is 13.5. The number of rotatable bonds is 4. The number of aliphatic carboxylic acids is 1. The highest BCUT2D eigenvalue weighted by Gasteiger charge is 2.26. The van der Waals surface area contributed by atoms with E-state index in [2.05, 4.69) is 4.99 Å². The number of fused-ring (bicyclic) bond motifs is 3. The van der Waals surface area contributed by atoms with E-state index < -0.39 is 18.6 Å². The lowest BCUT2D eigenvalue weighted by atomic mass is 9.98. The van der Waals surface area contributed by atoms with E-state index in [1.807, 2.05) is 48.5 Å². The number of carboxylic acid groups (broad SMARTS) is 1. The van der Waals surface area contributed by atoms with E-state index in [1.54, 1.807) is 0 Å². The third kappa shape index (κ3) is 2.65. The quantitative estimate of drug-likeness (QED) is 0.686. The minimum atomic E-state index is -1.16. The number of hydrogen-bond acceptors (Lipinski definition) is 4. The summed E-state index contributed by atoms with van der Waals surface area (Å²) < 4.78 is 5.12. The molecule has 0 atom stereocenters. The van der Waals surface area contributed by atoms with E-state index in [4.69, 9.17) is 9.84 Å². The Morgan fingerprint density at radius 2 is 1.64 bits per heavy atom. The Kier molecular flexibility index (Phi) is 3.78. The van der Waals surface area contributed by atoms with Crippen molar-refractivity contribution >= 4 is 12.1 Å². The molecule has 112 valence electrons. The number of aliphatic imine (C=N–C) groups is 1. The number of carboxylic acids is 1. The average Bonchev–Trinajstić information content (AvgIpc) is 2.85. The first-order valence-electron chi connectivity index (χ1n) is 6.91. The molecule has 0 bridgehead atoms. The van der Waals surface area contributed by atoms with Crippen LogP contribution in [0.5, 0.6) is 0 Å². The molecule has 1 aliphatic rings. The van der Waals surface area contributed by atoms with Crippen LogP contribution in [0.15, 0.2) is 53.5 Å². The molecule has 5 nitrogen and oxygen atoms in total. The van der Waals surface area contributed by atoms with Crippen LogP contribution in [0.4, 0.5) is 0 Å². The van der Waals surface area contributed by atoms with Gasteiger partial charge >= 0.3 is 5.97 Å². The molecule has 5 heteroatoms. The zero-order valence-corrected chi connectivity index (χ0v) is 11.7. The van der Waals surface area contributed by atoms with Gasteiger partial charge in [-0.15, -0.1) is 0 Å². The highest BCUT2D eigenvalue weighted by atomic mass is 16.6. The largest absolute Gasteiger partial charge is 0.599 e. The maximum atomic E-state index is 11.5. The fourth-order valence-electron chi connectivity index (χ4n) is 2.77. The van der Waals surface area contributed by atoms with Crippen molar-refractivity contribution in [1.82, 2.24) is 0 Å². The Morgan fingerprint density at radius 3 is 2.18 bits per heavy atom. The van der Waals surface area contributed by atoms with Crippen molar-refractivity contribution in [2.45, 2.75) is 5.92 Å². The van der Waals surface area contributed by atoms with Gasteiger partial charge in [-0.1, -0.05) is 48.5 Å². The molecule has 1 aliphatic carbocycles. The van der Waals surface area contributed by atoms with Crippen molar-refractivity contribution in [3.8, 4) is 11.1 Å². The second-order valence-corrected chi connectivity index (χ2v) is 5.01. The summed E-state index contributed by atoms with van der Waals surface area (Å²) in [7, 11) is 0. The van der Waals surface area contributed by atoms with E-state index in [0.29, 0.717) is 0 Å². The first-order valence-corrected chi connectivity index (χ1v) is 6.91. The summed E-state index contributed by atoms with van der Waals surface area (Å²) in [4.78, 5) is 13.7.